The molecule has 3 nitrogen and oxygen atoms in total. The zero-order valence-electron chi connectivity index (χ0n) is 9.33. The van der Waals surface area contributed by atoms with E-state index in [1.807, 2.05) is 6.07 Å². The summed E-state index contributed by atoms with van der Waals surface area (Å²) in [6.07, 6.45) is 2.36. The minimum Gasteiger partial charge on any atom is -0.508 e. The Hall–Kier alpha value is -1.06. The van der Waals surface area contributed by atoms with E-state index in [2.05, 4.69) is 11.4 Å². The standard InChI is InChI=1S/C13H17NO2/c15-13-5-11-8-16-7-10(11)4-12(13)9-2-1-3-14-6-9/h4-5,9,14-15H,1-3,6-8H2. The number of piperidine rings is 1. The molecule has 0 aliphatic carbocycles. The number of phenols is 1. The van der Waals surface area contributed by atoms with Gasteiger partial charge in [-0.3, -0.25) is 0 Å². The van der Waals surface area contributed by atoms with E-state index < -0.39 is 0 Å². The molecule has 1 fully saturated rings. The lowest BCUT2D eigenvalue weighted by molar-refractivity contribution is 0.134. The van der Waals surface area contributed by atoms with Crippen molar-refractivity contribution in [1.82, 2.24) is 5.32 Å². The summed E-state index contributed by atoms with van der Waals surface area (Å²) in [4.78, 5) is 0. The van der Waals surface area contributed by atoms with Gasteiger partial charge in [0.15, 0.2) is 0 Å². The fourth-order valence-corrected chi connectivity index (χ4v) is 2.68. The molecule has 1 atom stereocenters. The van der Waals surface area contributed by atoms with Gasteiger partial charge in [0.05, 0.1) is 13.2 Å². The lowest BCUT2D eigenvalue weighted by Gasteiger charge is -2.24. The molecule has 0 amide bonds. The summed E-state index contributed by atoms with van der Waals surface area (Å²) in [7, 11) is 0. The first-order chi connectivity index (χ1) is 7.84. The molecule has 0 saturated carbocycles. The number of aromatic hydroxyl groups is 1. The van der Waals surface area contributed by atoms with Crippen LogP contribution in [0.5, 0.6) is 5.75 Å². The third kappa shape index (κ3) is 1.70. The van der Waals surface area contributed by atoms with Crippen molar-refractivity contribution in [3.63, 3.8) is 0 Å². The first kappa shape index (κ1) is 10.1. The maximum atomic E-state index is 10.0. The van der Waals surface area contributed by atoms with Gasteiger partial charge in [0.2, 0.25) is 0 Å². The number of phenolic OH excluding ortho intramolecular Hbond substituents is 1. The summed E-state index contributed by atoms with van der Waals surface area (Å²) in [5.41, 5.74) is 3.49. The van der Waals surface area contributed by atoms with Gasteiger partial charge in [0.1, 0.15) is 5.75 Å². The second kappa shape index (κ2) is 4.07. The van der Waals surface area contributed by atoms with Crippen LogP contribution >= 0.6 is 0 Å². The van der Waals surface area contributed by atoms with Crippen molar-refractivity contribution in [2.75, 3.05) is 13.1 Å². The van der Waals surface area contributed by atoms with Crippen molar-refractivity contribution in [2.45, 2.75) is 32.0 Å². The van der Waals surface area contributed by atoms with Crippen LogP contribution in [0.1, 0.15) is 35.4 Å². The number of rotatable bonds is 1. The molecule has 1 aromatic rings. The molecule has 3 rings (SSSR count). The highest BCUT2D eigenvalue weighted by Gasteiger charge is 2.21. The second-order valence-corrected chi connectivity index (χ2v) is 4.72. The first-order valence-corrected chi connectivity index (χ1v) is 5.98. The van der Waals surface area contributed by atoms with Crippen LogP contribution in [0.2, 0.25) is 0 Å². The lowest BCUT2D eigenvalue weighted by atomic mass is 9.89. The Morgan fingerprint density at radius 1 is 1.25 bits per heavy atom. The predicted octanol–water partition coefficient (Wildman–Crippen LogP) is 1.89. The first-order valence-electron chi connectivity index (χ1n) is 5.98. The van der Waals surface area contributed by atoms with Crippen LogP contribution in [0.4, 0.5) is 0 Å². The Balaban J connectivity index is 1.94. The Kier molecular flexibility index (Phi) is 2.58. The number of ether oxygens (including phenoxy) is 1. The van der Waals surface area contributed by atoms with E-state index in [1.165, 1.54) is 18.4 Å². The predicted molar refractivity (Wildman–Crippen MR) is 61.4 cm³/mol. The highest BCUT2D eigenvalue weighted by Crippen LogP contribution is 2.35. The second-order valence-electron chi connectivity index (χ2n) is 4.72. The quantitative estimate of drug-likeness (QED) is 0.758. The zero-order chi connectivity index (χ0) is 11.0. The maximum absolute atomic E-state index is 10.0. The lowest BCUT2D eigenvalue weighted by Crippen LogP contribution is -2.28. The maximum Gasteiger partial charge on any atom is 0.119 e. The number of nitrogens with one attached hydrogen (secondary N) is 1. The molecule has 2 aliphatic rings. The van der Waals surface area contributed by atoms with Crippen LogP contribution in [0, 0.1) is 0 Å². The van der Waals surface area contributed by atoms with E-state index in [-0.39, 0.29) is 0 Å². The van der Waals surface area contributed by atoms with E-state index in [9.17, 15) is 5.11 Å². The molecular formula is C13H17NO2. The average Bonchev–Trinajstić information content (AvgIpc) is 2.76. The molecule has 2 heterocycles. The van der Waals surface area contributed by atoms with Crippen LogP contribution in [0.15, 0.2) is 12.1 Å². The van der Waals surface area contributed by atoms with Gasteiger partial charge in [-0.15, -0.1) is 0 Å². The van der Waals surface area contributed by atoms with E-state index in [1.54, 1.807) is 0 Å². The molecule has 86 valence electrons. The fraction of sp³-hybridized carbons (Fsp3) is 0.538. The van der Waals surface area contributed by atoms with Crippen LogP contribution in [-0.2, 0) is 18.0 Å². The molecular weight excluding hydrogens is 202 g/mol. The SMILES string of the molecule is Oc1cc2c(cc1C1CCCNC1)COC2. The molecule has 0 bridgehead atoms. The largest absolute Gasteiger partial charge is 0.508 e. The molecule has 0 radical (unpaired) electrons. The van der Waals surface area contributed by atoms with Gasteiger partial charge in [-0.25, -0.2) is 0 Å². The van der Waals surface area contributed by atoms with Crippen molar-refractivity contribution < 1.29 is 9.84 Å². The summed E-state index contributed by atoms with van der Waals surface area (Å²) in [6.45, 7) is 3.42. The Morgan fingerprint density at radius 2 is 2.06 bits per heavy atom. The summed E-state index contributed by atoms with van der Waals surface area (Å²) >= 11 is 0. The van der Waals surface area contributed by atoms with Gasteiger partial charge in [-0.2, -0.15) is 0 Å². The molecule has 3 heteroatoms. The summed E-state index contributed by atoms with van der Waals surface area (Å²) in [5.74, 6) is 0.901. The van der Waals surface area contributed by atoms with Crippen molar-refractivity contribution in [1.29, 1.82) is 0 Å². The molecule has 1 aromatic carbocycles. The van der Waals surface area contributed by atoms with E-state index in [0.717, 1.165) is 24.2 Å². The minimum atomic E-state index is 0.443. The number of benzene rings is 1. The third-order valence-corrected chi connectivity index (χ3v) is 3.60. The van der Waals surface area contributed by atoms with Crippen molar-refractivity contribution in [2.24, 2.45) is 0 Å². The highest BCUT2D eigenvalue weighted by atomic mass is 16.5. The molecule has 1 unspecified atom stereocenters. The van der Waals surface area contributed by atoms with Crippen molar-refractivity contribution in [3.05, 3.63) is 28.8 Å². The van der Waals surface area contributed by atoms with Crippen LogP contribution < -0.4 is 5.32 Å². The summed E-state index contributed by atoms with van der Waals surface area (Å²) < 4.78 is 5.39. The van der Waals surface area contributed by atoms with Gasteiger partial charge >= 0.3 is 0 Å². The van der Waals surface area contributed by atoms with Gasteiger partial charge in [0.25, 0.3) is 0 Å². The third-order valence-electron chi connectivity index (χ3n) is 3.60. The number of hydrogen-bond acceptors (Lipinski definition) is 3. The average molecular weight is 219 g/mol. The number of hydrogen-bond donors (Lipinski definition) is 2. The Morgan fingerprint density at radius 3 is 2.81 bits per heavy atom. The normalized spacial score (nSPS) is 24.4. The highest BCUT2D eigenvalue weighted by molar-refractivity contribution is 5.44. The van der Waals surface area contributed by atoms with Gasteiger partial charge in [-0.05, 0) is 48.2 Å². The van der Waals surface area contributed by atoms with Crippen molar-refractivity contribution in [3.8, 4) is 5.75 Å². The van der Waals surface area contributed by atoms with E-state index >= 15 is 0 Å². The Bertz CT molecular complexity index is 397. The van der Waals surface area contributed by atoms with Crippen LogP contribution in [0.3, 0.4) is 0 Å². The zero-order valence-corrected chi connectivity index (χ0v) is 9.33. The van der Waals surface area contributed by atoms with Gasteiger partial charge < -0.3 is 15.2 Å². The van der Waals surface area contributed by atoms with Gasteiger partial charge in [0, 0.05) is 12.5 Å². The Labute approximate surface area is 95.4 Å². The molecule has 2 aliphatic heterocycles. The van der Waals surface area contributed by atoms with E-state index in [4.69, 9.17) is 4.74 Å². The van der Waals surface area contributed by atoms with Crippen LogP contribution in [-0.4, -0.2) is 18.2 Å². The van der Waals surface area contributed by atoms with Gasteiger partial charge in [-0.1, -0.05) is 0 Å². The minimum absolute atomic E-state index is 0.443. The smallest absolute Gasteiger partial charge is 0.119 e. The topological polar surface area (TPSA) is 41.5 Å². The monoisotopic (exact) mass is 219 g/mol. The van der Waals surface area contributed by atoms with Crippen molar-refractivity contribution >= 4 is 0 Å². The van der Waals surface area contributed by atoms with E-state index in [0.29, 0.717) is 24.9 Å². The number of fused-ring (bicyclic) bond motifs is 1. The fourth-order valence-electron chi connectivity index (χ4n) is 2.68. The summed E-state index contributed by atoms with van der Waals surface area (Å²) in [6, 6.07) is 4.02. The molecule has 0 spiro atoms. The molecule has 16 heavy (non-hydrogen) atoms. The molecule has 1 saturated heterocycles. The van der Waals surface area contributed by atoms with Crippen LogP contribution in [0.25, 0.3) is 0 Å². The molecule has 2 N–H and O–H groups in total. The summed E-state index contributed by atoms with van der Waals surface area (Å²) in [5, 5.41) is 13.4. The molecule has 0 aromatic heterocycles.